The fourth-order valence-electron chi connectivity index (χ4n) is 7.77. The SMILES string of the molecule is Nc1nc(N)c(C(=O)N[C@H]2CCC[N+](CCCc3ccc(OCC(=O)OCC4COCCN4)cc3)(CCCc3ccc(OCC(=O)OCC4COCCN4)cc3)C2)nc1Cl.[Cl-]. The molecule has 17 nitrogen and oxygen atoms in total. The molecule has 0 spiro atoms. The molecule has 3 fully saturated rings. The quantitative estimate of drug-likeness (QED) is 0.0686. The first-order valence-electron chi connectivity index (χ1n) is 20.7. The van der Waals surface area contributed by atoms with Crippen LogP contribution in [0.25, 0.3) is 0 Å². The number of quaternary nitrogens is 1. The largest absolute Gasteiger partial charge is 1.00 e. The Balaban J connectivity index is 0.00000704. The van der Waals surface area contributed by atoms with E-state index in [1.807, 2.05) is 48.5 Å². The van der Waals surface area contributed by atoms with Crippen LogP contribution in [-0.2, 0) is 41.4 Å². The summed E-state index contributed by atoms with van der Waals surface area (Å²) < 4.78 is 33.7. The summed E-state index contributed by atoms with van der Waals surface area (Å²) in [4.78, 5) is 45.9. The Bertz CT molecular complexity index is 1760. The molecule has 7 N–H and O–H groups in total. The van der Waals surface area contributed by atoms with Gasteiger partial charge in [0.15, 0.2) is 35.7 Å². The van der Waals surface area contributed by atoms with Gasteiger partial charge in [-0.25, -0.2) is 19.6 Å². The van der Waals surface area contributed by atoms with Gasteiger partial charge in [-0.05, 0) is 61.1 Å². The number of amides is 1. The molecule has 3 atom stereocenters. The fourth-order valence-corrected chi connectivity index (χ4v) is 7.90. The number of ether oxygens (including phenoxy) is 6. The predicted molar refractivity (Wildman–Crippen MR) is 224 cm³/mol. The minimum absolute atomic E-state index is 0. The van der Waals surface area contributed by atoms with Gasteiger partial charge < -0.3 is 72.7 Å². The van der Waals surface area contributed by atoms with Gasteiger partial charge in [0.2, 0.25) is 0 Å². The van der Waals surface area contributed by atoms with E-state index in [1.54, 1.807) is 0 Å². The number of halogens is 2. The zero-order valence-corrected chi connectivity index (χ0v) is 35.9. The van der Waals surface area contributed by atoms with Gasteiger partial charge in [-0.3, -0.25) is 4.79 Å². The van der Waals surface area contributed by atoms with Crippen LogP contribution in [-0.4, -0.2) is 143 Å². The Morgan fingerprint density at radius 2 is 1.31 bits per heavy atom. The molecule has 0 saturated carbocycles. The zero-order valence-electron chi connectivity index (χ0n) is 34.4. The van der Waals surface area contributed by atoms with Crippen LogP contribution >= 0.6 is 11.6 Å². The molecule has 61 heavy (non-hydrogen) atoms. The van der Waals surface area contributed by atoms with E-state index in [9.17, 15) is 14.4 Å². The topological polar surface area (TPSA) is 220 Å². The first-order chi connectivity index (χ1) is 29.1. The second kappa shape index (κ2) is 24.2. The molecule has 2 unspecified atom stereocenters. The first kappa shape index (κ1) is 47.6. The van der Waals surface area contributed by atoms with Crippen molar-refractivity contribution < 1.29 is 59.7 Å². The highest BCUT2D eigenvalue weighted by atomic mass is 35.5. The van der Waals surface area contributed by atoms with Crippen molar-refractivity contribution in [3.05, 3.63) is 70.5 Å². The molecule has 0 aliphatic carbocycles. The van der Waals surface area contributed by atoms with E-state index < -0.39 is 17.8 Å². The maximum atomic E-state index is 13.3. The van der Waals surface area contributed by atoms with E-state index in [0.717, 1.165) is 93.4 Å². The Hall–Kier alpha value is -4.49. The van der Waals surface area contributed by atoms with Crippen molar-refractivity contribution in [3.63, 3.8) is 0 Å². The van der Waals surface area contributed by atoms with Gasteiger partial charge in [-0.15, -0.1) is 0 Å². The molecule has 1 amide bonds. The van der Waals surface area contributed by atoms with E-state index in [4.69, 9.17) is 51.5 Å². The van der Waals surface area contributed by atoms with Crippen LogP contribution in [0.4, 0.5) is 11.6 Å². The van der Waals surface area contributed by atoms with Crippen LogP contribution in [0.15, 0.2) is 48.5 Å². The number of carbonyl (C=O) groups excluding carboxylic acids is 3. The molecule has 334 valence electrons. The van der Waals surface area contributed by atoms with Gasteiger partial charge in [-0.2, -0.15) is 0 Å². The molecular formula is C42H58Cl2N8O9. The smallest absolute Gasteiger partial charge is 0.344 e. The molecule has 3 aliphatic heterocycles. The highest BCUT2D eigenvalue weighted by Gasteiger charge is 2.36. The number of rotatable bonds is 20. The van der Waals surface area contributed by atoms with Crippen molar-refractivity contribution in [1.82, 2.24) is 25.9 Å². The second-order valence-electron chi connectivity index (χ2n) is 15.5. The lowest BCUT2D eigenvalue weighted by atomic mass is 9.99. The van der Waals surface area contributed by atoms with Crippen molar-refractivity contribution in [2.45, 2.75) is 56.7 Å². The number of aromatic nitrogens is 2. The van der Waals surface area contributed by atoms with E-state index in [2.05, 4.69) is 25.9 Å². The maximum Gasteiger partial charge on any atom is 0.344 e. The summed E-state index contributed by atoms with van der Waals surface area (Å²) in [5.74, 6) is -0.174. The Labute approximate surface area is 367 Å². The summed E-state index contributed by atoms with van der Waals surface area (Å²) in [6, 6.07) is 15.5. The lowest BCUT2D eigenvalue weighted by Gasteiger charge is -2.45. The number of nitrogens with two attached hydrogens (primary N) is 2. The summed E-state index contributed by atoms with van der Waals surface area (Å²) in [6.45, 7) is 7.55. The highest BCUT2D eigenvalue weighted by Crippen LogP contribution is 2.25. The third-order valence-electron chi connectivity index (χ3n) is 10.9. The third kappa shape index (κ3) is 15.4. The Kier molecular flexibility index (Phi) is 18.9. The molecule has 3 saturated heterocycles. The van der Waals surface area contributed by atoms with Gasteiger partial charge in [0.25, 0.3) is 5.91 Å². The first-order valence-corrected chi connectivity index (χ1v) is 21.1. The van der Waals surface area contributed by atoms with Gasteiger partial charge in [-0.1, -0.05) is 35.9 Å². The van der Waals surface area contributed by atoms with Crippen molar-refractivity contribution in [2.24, 2.45) is 0 Å². The fraction of sp³-hybridized carbons (Fsp3) is 0.548. The number of esters is 2. The number of morpholine rings is 2. The van der Waals surface area contributed by atoms with E-state index >= 15 is 0 Å². The minimum Gasteiger partial charge on any atom is -1.00 e. The number of carbonyl (C=O) groups is 3. The molecular weight excluding hydrogens is 831 g/mol. The molecule has 2 aromatic carbocycles. The van der Waals surface area contributed by atoms with Gasteiger partial charge in [0.1, 0.15) is 24.7 Å². The molecule has 0 bridgehead atoms. The number of hydrogen-bond acceptors (Lipinski definition) is 15. The lowest BCUT2D eigenvalue weighted by Crippen LogP contribution is -3.00. The number of hydrogen-bond donors (Lipinski definition) is 5. The van der Waals surface area contributed by atoms with Crippen LogP contribution in [0.1, 0.15) is 47.3 Å². The number of anilines is 2. The average Bonchev–Trinajstić information content (AvgIpc) is 3.26. The standard InChI is InChI=1S/C42H57ClN8O9.ClH/c43-39-41(45)50-40(44)38(49-39)42(54)48-31-6-3-19-51(22-31,17-1-4-29-7-11-34(12-8-29)57-27-36(52)59-25-32-23-55-20-15-46-32)18-2-5-30-9-13-35(14-10-30)58-28-37(53)60-26-33-24-56-21-16-47-33;/h7-14,31-33,46-47H,1-6,15-28H2,(H4-,44,45,48,50,54);1H/t31-,32?,33?,51?;/m0./s1. The Morgan fingerprint density at radius 1 is 0.787 bits per heavy atom. The number of nitrogen functional groups attached to an aromatic ring is 2. The van der Waals surface area contributed by atoms with Crippen LogP contribution < -0.4 is 49.3 Å². The molecule has 0 radical (unpaired) electrons. The van der Waals surface area contributed by atoms with Crippen LogP contribution in [0.5, 0.6) is 11.5 Å². The summed E-state index contributed by atoms with van der Waals surface area (Å²) in [5, 5.41) is 9.59. The summed E-state index contributed by atoms with van der Waals surface area (Å²) in [5.41, 5.74) is 14.0. The zero-order chi connectivity index (χ0) is 42.2. The normalized spacial score (nSPS) is 21.4. The van der Waals surface area contributed by atoms with Crippen molar-refractivity contribution in [2.75, 3.05) is 104 Å². The second-order valence-corrected chi connectivity index (χ2v) is 15.9. The highest BCUT2D eigenvalue weighted by molar-refractivity contribution is 6.31. The number of aryl methyl sites for hydroxylation is 2. The van der Waals surface area contributed by atoms with Crippen LogP contribution in [0.2, 0.25) is 5.15 Å². The molecule has 19 heteroatoms. The van der Waals surface area contributed by atoms with Crippen LogP contribution in [0, 0.1) is 0 Å². The predicted octanol–water partition coefficient (Wildman–Crippen LogP) is -0.906. The number of piperidine rings is 1. The number of benzene rings is 2. The number of likely N-dealkylation sites (tertiary alicyclic amines) is 1. The van der Waals surface area contributed by atoms with Crippen molar-refractivity contribution >= 4 is 41.1 Å². The lowest BCUT2D eigenvalue weighted by molar-refractivity contribution is -0.933. The third-order valence-corrected chi connectivity index (χ3v) is 11.2. The minimum atomic E-state index is -0.426. The average molecular weight is 890 g/mol. The molecule has 1 aromatic heterocycles. The summed E-state index contributed by atoms with van der Waals surface area (Å²) in [7, 11) is 0. The number of nitrogens with zero attached hydrogens (tertiary/aromatic N) is 3. The summed E-state index contributed by atoms with van der Waals surface area (Å²) in [6.07, 6.45) is 5.32. The van der Waals surface area contributed by atoms with Gasteiger partial charge in [0, 0.05) is 25.9 Å². The van der Waals surface area contributed by atoms with E-state index in [-0.39, 0.29) is 79.4 Å². The van der Waals surface area contributed by atoms with Crippen molar-refractivity contribution in [1.29, 1.82) is 0 Å². The van der Waals surface area contributed by atoms with Crippen molar-refractivity contribution in [3.8, 4) is 11.5 Å². The monoisotopic (exact) mass is 888 g/mol. The molecule has 3 aliphatic rings. The number of nitrogens with one attached hydrogen (secondary N) is 3. The van der Waals surface area contributed by atoms with E-state index in [0.29, 0.717) is 37.9 Å². The molecule has 6 rings (SSSR count). The molecule has 4 heterocycles. The van der Waals surface area contributed by atoms with Gasteiger partial charge in [0.05, 0.1) is 70.7 Å². The maximum absolute atomic E-state index is 13.3. The van der Waals surface area contributed by atoms with E-state index in [1.165, 1.54) is 0 Å². The molecule has 3 aromatic rings. The summed E-state index contributed by atoms with van der Waals surface area (Å²) >= 11 is 6.08. The Morgan fingerprint density at radius 3 is 1.80 bits per heavy atom. The van der Waals surface area contributed by atoms with Gasteiger partial charge >= 0.3 is 11.9 Å². The van der Waals surface area contributed by atoms with Crippen LogP contribution in [0.3, 0.4) is 0 Å².